The summed E-state index contributed by atoms with van der Waals surface area (Å²) in [7, 11) is 3.44. The van der Waals surface area contributed by atoms with Gasteiger partial charge in [-0.25, -0.2) is 0 Å². The Morgan fingerprint density at radius 1 is 1.27 bits per heavy atom. The molecule has 3 rings (SSSR count). The van der Waals surface area contributed by atoms with Gasteiger partial charge < -0.3 is 16.0 Å². The van der Waals surface area contributed by atoms with Crippen molar-refractivity contribution in [2.24, 2.45) is 33.0 Å². The van der Waals surface area contributed by atoms with Crippen molar-refractivity contribution in [3.63, 3.8) is 0 Å². The van der Waals surface area contributed by atoms with E-state index in [1.807, 2.05) is 24.3 Å². The molecule has 1 heterocycles. The third-order valence-corrected chi connectivity index (χ3v) is 8.68. The van der Waals surface area contributed by atoms with Crippen LogP contribution >= 0.6 is 11.6 Å². The zero-order valence-electron chi connectivity index (χ0n) is 27.7. The van der Waals surface area contributed by atoms with Crippen molar-refractivity contribution in [2.45, 2.75) is 90.2 Å². The van der Waals surface area contributed by atoms with E-state index < -0.39 is 11.0 Å². The molecule has 1 aromatic rings. The zero-order valence-corrected chi connectivity index (χ0v) is 28.5. The second-order valence-electron chi connectivity index (χ2n) is 13.3. The van der Waals surface area contributed by atoms with Crippen LogP contribution in [0.15, 0.2) is 58.6 Å². The van der Waals surface area contributed by atoms with E-state index >= 15 is 0 Å². The van der Waals surface area contributed by atoms with Gasteiger partial charge in [-0.05, 0) is 68.4 Å². The molecule has 0 radical (unpaired) electrons. The number of nitrogens with one attached hydrogen (secondary N) is 2. The summed E-state index contributed by atoms with van der Waals surface area (Å²) in [6.07, 6.45) is 11.4. The lowest BCUT2D eigenvalue weighted by atomic mass is 9.75. The summed E-state index contributed by atoms with van der Waals surface area (Å²) in [6, 6.07) is 7.51. The molecule has 44 heavy (non-hydrogen) atoms. The van der Waals surface area contributed by atoms with Crippen molar-refractivity contribution in [3.8, 4) is 0 Å². The summed E-state index contributed by atoms with van der Waals surface area (Å²) in [5.74, 6) is 1.32. The maximum Gasteiger partial charge on any atom is 0.275 e. The fourth-order valence-electron chi connectivity index (χ4n) is 5.92. The maximum absolute atomic E-state index is 14.4. The Morgan fingerprint density at radius 2 is 1.89 bits per heavy atom. The number of hydrogen-bond acceptors (Lipinski definition) is 6. The topological polar surface area (TPSA) is 124 Å². The third kappa shape index (κ3) is 10.2. The smallest absolute Gasteiger partial charge is 0.275 e. The van der Waals surface area contributed by atoms with E-state index in [1.54, 1.807) is 32.5 Å². The van der Waals surface area contributed by atoms with Crippen LogP contribution < -0.4 is 11.1 Å². The number of carbonyl (C=O) groups excluding carboxylic acids is 2. The van der Waals surface area contributed by atoms with Gasteiger partial charge in [0.1, 0.15) is 23.5 Å². The van der Waals surface area contributed by atoms with Crippen molar-refractivity contribution >= 4 is 41.6 Å². The molecule has 2 atom stereocenters. The summed E-state index contributed by atoms with van der Waals surface area (Å²) < 4.78 is 0. The van der Waals surface area contributed by atoms with Gasteiger partial charge in [0.2, 0.25) is 0 Å². The van der Waals surface area contributed by atoms with Crippen LogP contribution in [-0.2, 0) is 4.79 Å². The fourth-order valence-corrected chi connectivity index (χ4v) is 6.05. The molecule has 1 aromatic carbocycles. The van der Waals surface area contributed by atoms with E-state index in [0.29, 0.717) is 35.2 Å². The number of halogens is 1. The molecular weight excluding hydrogens is 572 g/mol. The lowest BCUT2D eigenvalue weighted by Gasteiger charge is -2.46. The molecule has 1 saturated carbocycles. The van der Waals surface area contributed by atoms with Gasteiger partial charge in [-0.2, -0.15) is 0 Å². The van der Waals surface area contributed by atoms with Crippen molar-refractivity contribution in [2.75, 3.05) is 20.6 Å². The first kappa shape index (κ1) is 37.1. The highest BCUT2D eigenvalue weighted by Gasteiger charge is 2.52. The Hall–Kier alpha value is -3.10. The number of likely N-dealkylation sites (N-methyl/N-ethyl adjacent to an activating group) is 1. The summed E-state index contributed by atoms with van der Waals surface area (Å²) >= 11 is 6.41. The normalized spacial score (nSPS) is 22.1. The van der Waals surface area contributed by atoms with Crippen LogP contribution in [0.5, 0.6) is 0 Å². The predicted octanol–water partition coefficient (Wildman–Crippen LogP) is 6.75. The number of aliphatic imine (C=N–C) groups is 2. The van der Waals surface area contributed by atoms with Gasteiger partial charge in [-0.3, -0.25) is 25.0 Å². The largest absolute Gasteiger partial charge is 0.387 e. The Bertz CT molecular complexity index is 1220. The highest BCUT2D eigenvalue weighted by molar-refractivity contribution is 6.51. The molecule has 8 nitrogen and oxygen atoms in total. The molecule has 0 saturated heterocycles. The first-order valence-corrected chi connectivity index (χ1v) is 16.0. The number of amides is 1. The van der Waals surface area contributed by atoms with Crippen LogP contribution in [0.25, 0.3) is 0 Å². The number of aldehydes is 1. The first-order chi connectivity index (χ1) is 20.7. The van der Waals surface area contributed by atoms with Crippen LogP contribution in [0.1, 0.15) is 95.1 Å². The highest BCUT2D eigenvalue weighted by atomic mass is 35.5. The Labute approximate surface area is 269 Å². The molecule has 2 unspecified atom stereocenters. The molecule has 0 aromatic heterocycles. The molecule has 2 aliphatic rings. The Balaban J connectivity index is 0.00000102. The predicted molar refractivity (Wildman–Crippen MR) is 185 cm³/mol. The Morgan fingerprint density at radius 3 is 2.32 bits per heavy atom. The average Bonchev–Trinajstić information content (AvgIpc) is 3.24. The standard InChI is InChI=1S/C32H44ClN3O2.C3H9N3/c1-8-27(33)19-26(20-34-7)29-30(38)36(32(35-29)17-13-24(14-18-32)22(2)3)28(15-16-31(4,5)6)25-11-9-23(21-37)10-12-25;1-6-2-3(4)5/h8-12,19-22,24,27-28H,1,13-18H2,2-7H3;6H,2H2,1H3,(H3,4,5)/b26-19+,34-20?;. The van der Waals surface area contributed by atoms with E-state index in [9.17, 15) is 9.59 Å². The summed E-state index contributed by atoms with van der Waals surface area (Å²) in [6.45, 7) is 15.5. The summed E-state index contributed by atoms with van der Waals surface area (Å²) in [5, 5.41) is 8.89. The van der Waals surface area contributed by atoms with Crippen molar-refractivity contribution < 1.29 is 9.59 Å². The van der Waals surface area contributed by atoms with E-state index in [-0.39, 0.29) is 23.2 Å². The quantitative estimate of drug-likeness (QED) is 0.0782. The molecule has 1 amide bonds. The van der Waals surface area contributed by atoms with E-state index in [2.05, 4.69) is 56.4 Å². The fraction of sp³-hybridized carbons (Fsp3) is 0.571. The first-order valence-electron chi connectivity index (χ1n) is 15.6. The molecule has 1 aliphatic carbocycles. The lowest BCUT2D eigenvalue weighted by molar-refractivity contribution is -0.133. The number of benzene rings is 1. The molecule has 1 fully saturated rings. The minimum Gasteiger partial charge on any atom is -0.387 e. The van der Waals surface area contributed by atoms with Gasteiger partial charge in [-0.15, -0.1) is 18.2 Å². The summed E-state index contributed by atoms with van der Waals surface area (Å²) in [4.78, 5) is 37.3. The maximum atomic E-state index is 14.4. The molecular formula is C35H53ClN6O2. The molecule has 1 aliphatic heterocycles. The number of alkyl halides is 1. The van der Waals surface area contributed by atoms with E-state index in [4.69, 9.17) is 27.7 Å². The van der Waals surface area contributed by atoms with Crippen molar-refractivity contribution in [1.29, 1.82) is 5.41 Å². The number of allylic oxidation sites excluding steroid dienone is 2. The monoisotopic (exact) mass is 624 g/mol. The van der Waals surface area contributed by atoms with Gasteiger partial charge in [0.15, 0.2) is 0 Å². The van der Waals surface area contributed by atoms with Gasteiger partial charge in [-0.1, -0.05) is 71.0 Å². The number of nitrogens with zero attached hydrogens (tertiary/aromatic N) is 3. The van der Waals surface area contributed by atoms with Gasteiger partial charge in [0, 0.05) is 24.4 Å². The van der Waals surface area contributed by atoms with Gasteiger partial charge >= 0.3 is 0 Å². The number of hydrogen-bond donors (Lipinski definition) is 3. The molecule has 4 N–H and O–H groups in total. The zero-order chi connectivity index (χ0) is 33.1. The third-order valence-electron chi connectivity index (χ3n) is 8.37. The lowest BCUT2D eigenvalue weighted by Crippen LogP contribution is -2.51. The molecule has 0 bridgehead atoms. The molecule has 242 valence electrons. The summed E-state index contributed by atoms with van der Waals surface area (Å²) in [5.41, 5.74) is 7.14. The van der Waals surface area contributed by atoms with Crippen LogP contribution in [-0.4, -0.2) is 66.5 Å². The SMILES string of the molecule is C=CC(Cl)/C=C(\C=NC)C1=NC2(CCC(C(C)C)CC2)N(C(CCC(C)(C)C)c2ccc(C=O)cc2)C1=O.CNCC(=N)N. The minimum atomic E-state index is -0.611. The number of nitrogens with two attached hydrogens (primary N) is 1. The highest BCUT2D eigenvalue weighted by Crippen LogP contribution is 2.48. The number of amidine groups is 1. The van der Waals surface area contributed by atoms with Crippen molar-refractivity contribution in [1.82, 2.24) is 10.2 Å². The van der Waals surface area contributed by atoms with Crippen LogP contribution in [0, 0.1) is 22.7 Å². The Kier molecular flexibility index (Phi) is 14.2. The minimum absolute atomic E-state index is 0.0783. The van der Waals surface area contributed by atoms with Crippen molar-refractivity contribution in [3.05, 3.63) is 59.7 Å². The van der Waals surface area contributed by atoms with Gasteiger partial charge in [0.05, 0.1) is 18.0 Å². The van der Waals surface area contributed by atoms with Crippen LogP contribution in [0.3, 0.4) is 0 Å². The van der Waals surface area contributed by atoms with Crippen LogP contribution in [0.2, 0.25) is 0 Å². The second-order valence-corrected chi connectivity index (χ2v) is 13.8. The van der Waals surface area contributed by atoms with Crippen LogP contribution in [0.4, 0.5) is 0 Å². The van der Waals surface area contributed by atoms with E-state index in [1.165, 1.54) is 0 Å². The average molecular weight is 625 g/mol. The van der Waals surface area contributed by atoms with Gasteiger partial charge in [0.25, 0.3) is 5.91 Å². The number of carbonyl (C=O) groups is 2. The van der Waals surface area contributed by atoms with E-state index in [0.717, 1.165) is 50.4 Å². The number of rotatable bonds is 12. The second kappa shape index (κ2) is 16.8. The molecule has 9 heteroatoms. The molecule has 1 spiro atoms.